The number of guanidine groups is 1. The molecule has 9 heteroatoms. The van der Waals surface area contributed by atoms with Crippen molar-refractivity contribution in [2.24, 2.45) is 16.6 Å². The van der Waals surface area contributed by atoms with Crippen LogP contribution in [0.2, 0.25) is 0 Å². The van der Waals surface area contributed by atoms with Gasteiger partial charge in [0, 0.05) is 44.8 Å². The van der Waals surface area contributed by atoms with E-state index in [4.69, 9.17) is 10.5 Å². The number of carbonyl (C=O) groups excluding carboxylic acids is 2. The van der Waals surface area contributed by atoms with Crippen molar-refractivity contribution in [3.05, 3.63) is 35.4 Å². The van der Waals surface area contributed by atoms with Gasteiger partial charge in [0.15, 0.2) is 5.96 Å². The Balaban J connectivity index is 1.84. The molecular formula is C22H36N6O3. The Morgan fingerprint density at radius 3 is 2.39 bits per heavy atom. The van der Waals surface area contributed by atoms with Crippen LogP contribution in [0, 0.1) is 5.92 Å². The molecule has 1 aromatic carbocycles. The summed E-state index contributed by atoms with van der Waals surface area (Å²) in [4.78, 5) is 29.6. The van der Waals surface area contributed by atoms with Gasteiger partial charge in [-0.1, -0.05) is 26.0 Å². The van der Waals surface area contributed by atoms with Crippen LogP contribution >= 0.6 is 0 Å². The van der Waals surface area contributed by atoms with Crippen molar-refractivity contribution in [2.75, 3.05) is 46.4 Å². The zero-order valence-corrected chi connectivity index (χ0v) is 18.8. The van der Waals surface area contributed by atoms with Crippen LogP contribution in [-0.4, -0.2) is 75.2 Å². The van der Waals surface area contributed by atoms with Crippen LogP contribution in [0.4, 0.5) is 0 Å². The number of nitrogens with one attached hydrogen (secondary N) is 3. The molecule has 0 aliphatic carbocycles. The van der Waals surface area contributed by atoms with E-state index in [1.807, 2.05) is 12.1 Å². The fourth-order valence-corrected chi connectivity index (χ4v) is 3.51. The molecule has 2 rings (SSSR count). The Kier molecular flexibility index (Phi) is 10.3. The van der Waals surface area contributed by atoms with Crippen LogP contribution in [-0.2, 0) is 16.1 Å². The molecule has 0 spiro atoms. The van der Waals surface area contributed by atoms with Gasteiger partial charge in [0.05, 0.1) is 19.8 Å². The fourth-order valence-electron chi connectivity index (χ4n) is 3.51. The largest absolute Gasteiger partial charge is 0.379 e. The Labute approximate surface area is 184 Å². The summed E-state index contributed by atoms with van der Waals surface area (Å²) in [5.74, 6) is 0.459. The van der Waals surface area contributed by atoms with Crippen molar-refractivity contribution in [2.45, 2.75) is 32.9 Å². The first-order valence-corrected chi connectivity index (χ1v) is 10.8. The van der Waals surface area contributed by atoms with E-state index >= 15 is 0 Å². The minimum Gasteiger partial charge on any atom is -0.379 e. The molecule has 0 aromatic heterocycles. The number of amides is 2. The number of morpholine rings is 1. The molecule has 1 atom stereocenters. The van der Waals surface area contributed by atoms with E-state index in [0.717, 1.165) is 50.8 Å². The second-order valence-corrected chi connectivity index (χ2v) is 8.08. The van der Waals surface area contributed by atoms with E-state index in [-0.39, 0.29) is 12.5 Å². The molecule has 2 amide bonds. The second kappa shape index (κ2) is 12.9. The zero-order chi connectivity index (χ0) is 22.6. The van der Waals surface area contributed by atoms with Crippen LogP contribution in [0.1, 0.15) is 36.2 Å². The van der Waals surface area contributed by atoms with Crippen molar-refractivity contribution in [1.82, 2.24) is 20.9 Å². The molecule has 0 bridgehead atoms. The van der Waals surface area contributed by atoms with Gasteiger partial charge in [-0.3, -0.25) is 19.5 Å². The Morgan fingerprint density at radius 2 is 1.81 bits per heavy atom. The highest BCUT2D eigenvalue weighted by molar-refractivity contribution is 5.96. The number of nitrogens with zero attached hydrogens (tertiary/aromatic N) is 2. The summed E-state index contributed by atoms with van der Waals surface area (Å²) in [7, 11) is 1.76. The number of hydrogen-bond donors (Lipinski definition) is 4. The van der Waals surface area contributed by atoms with Crippen LogP contribution in [0.25, 0.3) is 0 Å². The second-order valence-electron chi connectivity index (χ2n) is 8.08. The number of nitrogens with two attached hydrogens (primary N) is 1. The summed E-state index contributed by atoms with van der Waals surface area (Å²) >= 11 is 0. The van der Waals surface area contributed by atoms with Crippen molar-refractivity contribution in [1.29, 1.82) is 0 Å². The van der Waals surface area contributed by atoms with E-state index in [0.29, 0.717) is 24.1 Å². The van der Waals surface area contributed by atoms with Crippen molar-refractivity contribution >= 4 is 17.8 Å². The van der Waals surface area contributed by atoms with E-state index in [9.17, 15) is 9.59 Å². The molecule has 1 aliphatic heterocycles. The predicted octanol–water partition coefficient (Wildman–Crippen LogP) is 0.314. The first-order valence-electron chi connectivity index (χ1n) is 10.8. The number of rotatable bonds is 10. The molecule has 1 fully saturated rings. The number of carbonyl (C=O) groups is 2. The molecule has 1 heterocycles. The Bertz CT molecular complexity index is 729. The van der Waals surface area contributed by atoms with Gasteiger partial charge < -0.3 is 26.4 Å². The lowest BCUT2D eigenvalue weighted by molar-refractivity contribution is -0.117. The van der Waals surface area contributed by atoms with Crippen molar-refractivity contribution < 1.29 is 14.3 Å². The van der Waals surface area contributed by atoms with Crippen molar-refractivity contribution in [3.63, 3.8) is 0 Å². The SMILES string of the molecule is CN=C(NCc1ccc(C(=O)NCC(N)=O)cc1)NCC(CC(C)C)N1CCOCC1. The third kappa shape index (κ3) is 8.94. The summed E-state index contributed by atoms with van der Waals surface area (Å²) in [6, 6.07) is 7.62. The zero-order valence-electron chi connectivity index (χ0n) is 18.8. The topological polar surface area (TPSA) is 121 Å². The highest BCUT2D eigenvalue weighted by atomic mass is 16.5. The molecule has 172 valence electrons. The van der Waals surface area contributed by atoms with Crippen LogP contribution in [0.3, 0.4) is 0 Å². The number of benzene rings is 1. The van der Waals surface area contributed by atoms with E-state index in [1.165, 1.54) is 0 Å². The molecule has 5 N–H and O–H groups in total. The molecule has 1 saturated heterocycles. The van der Waals surface area contributed by atoms with Gasteiger partial charge in [0.2, 0.25) is 5.91 Å². The highest BCUT2D eigenvalue weighted by Gasteiger charge is 2.22. The van der Waals surface area contributed by atoms with Gasteiger partial charge >= 0.3 is 0 Å². The third-order valence-electron chi connectivity index (χ3n) is 5.13. The molecular weight excluding hydrogens is 396 g/mol. The lowest BCUT2D eigenvalue weighted by atomic mass is 10.0. The maximum Gasteiger partial charge on any atom is 0.251 e. The first-order chi connectivity index (χ1) is 14.9. The fraction of sp³-hybridized carbons (Fsp3) is 0.591. The molecule has 9 nitrogen and oxygen atoms in total. The van der Waals surface area contributed by atoms with Gasteiger partial charge in [0.1, 0.15) is 0 Å². The van der Waals surface area contributed by atoms with E-state index in [2.05, 4.69) is 39.7 Å². The predicted molar refractivity (Wildman–Crippen MR) is 122 cm³/mol. The summed E-state index contributed by atoms with van der Waals surface area (Å²) in [6.07, 6.45) is 1.11. The quantitative estimate of drug-likeness (QED) is 0.312. The summed E-state index contributed by atoms with van der Waals surface area (Å²) < 4.78 is 5.49. The molecule has 1 aliphatic rings. The average molecular weight is 433 g/mol. The maximum atomic E-state index is 12.0. The van der Waals surface area contributed by atoms with Crippen LogP contribution in [0.15, 0.2) is 29.3 Å². The first kappa shape index (κ1) is 24.6. The molecule has 1 aromatic rings. The number of aliphatic imine (C=N–C) groups is 1. The van der Waals surface area contributed by atoms with Crippen molar-refractivity contribution in [3.8, 4) is 0 Å². The number of hydrogen-bond acceptors (Lipinski definition) is 5. The standard InChI is InChI=1S/C22H36N6O3/c1-16(2)12-19(28-8-10-31-11-9-28)14-27-22(24-3)26-13-17-4-6-18(7-5-17)21(30)25-15-20(23)29/h4-7,16,19H,8-15H2,1-3H3,(H2,23,29)(H,25,30)(H2,24,26,27). The van der Waals surface area contributed by atoms with Crippen LogP contribution in [0.5, 0.6) is 0 Å². The average Bonchev–Trinajstić information content (AvgIpc) is 2.77. The number of ether oxygens (including phenoxy) is 1. The smallest absolute Gasteiger partial charge is 0.251 e. The van der Waals surface area contributed by atoms with Gasteiger partial charge in [0.25, 0.3) is 5.91 Å². The summed E-state index contributed by atoms with van der Waals surface area (Å²) in [5, 5.41) is 9.24. The van der Waals surface area contributed by atoms with Gasteiger partial charge in [-0.15, -0.1) is 0 Å². The molecule has 0 saturated carbocycles. The Hall–Kier alpha value is -2.65. The number of primary amides is 1. The van der Waals surface area contributed by atoms with E-state index in [1.54, 1.807) is 19.2 Å². The Morgan fingerprint density at radius 1 is 1.13 bits per heavy atom. The lowest BCUT2D eigenvalue weighted by Gasteiger charge is -2.35. The monoisotopic (exact) mass is 432 g/mol. The van der Waals surface area contributed by atoms with E-state index < -0.39 is 5.91 Å². The minimum atomic E-state index is -0.572. The van der Waals surface area contributed by atoms with Gasteiger partial charge in [-0.05, 0) is 30.0 Å². The molecule has 1 unspecified atom stereocenters. The normalized spacial score (nSPS) is 16.1. The molecule has 31 heavy (non-hydrogen) atoms. The highest BCUT2D eigenvalue weighted by Crippen LogP contribution is 2.13. The summed E-state index contributed by atoms with van der Waals surface area (Å²) in [6.45, 7) is 9.22. The lowest BCUT2D eigenvalue weighted by Crippen LogP contribution is -2.50. The maximum absolute atomic E-state index is 12.0. The third-order valence-corrected chi connectivity index (χ3v) is 5.13. The molecule has 0 radical (unpaired) electrons. The van der Waals surface area contributed by atoms with Gasteiger partial charge in [-0.2, -0.15) is 0 Å². The summed E-state index contributed by atoms with van der Waals surface area (Å²) in [5.41, 5.74) is 6.54. The minimum absolute atomic E-state index is 0.174. The van der Waals surface area contributed by atoms with Crippen LogP contribution < -0.4 is 21.7 Å². The van der Waals surface area contributed by atoms with Gasteiger partial charge in [-0.25, -0.2) is 0 Å².